The molecule has 3 N–H and O–H groups in total. The van der Waals surface area contributed by atoms with Gasteiger partial charge in [-0.15, -0.1) is 0 Å². The van der Waals surface area contributed by atoms with Gasteiger partial charge in [0.05, 0.1) is 25.4 Å². The molecule has 0 spiro atoms. The minimum absolute atomic E-state index is 0.0212. The number of allylic oxidation sites excluding steroid dienone is 2. The van der Waals surface area contributed by atoms with Gasteiger partial charge in [-0.25, -0.2) is 0 Å². The molecular weight excluding hydrogens is 1030 g/mol. The normalized spacial score (nSPS) is 12.5. The lowest BCUT2D eigenvalue weighted by Crippen LogP contribution is -2.45. The Morgan fingerprint density at radius 3 is 0.845 bits per heavy atom. The van der Waals surface area contributed by atoms with Crippen molar-refractivity contribution in [2.45, 2.75) is 463 Å². The molecule has 0 bridgehead atoms. The summed E-state index contributed by atoms with van der Waals surface area (Å²) in [5.41, 5.74) is 0. The first-order valence-electron chi connectivity index (χ1n) is 38.9. The van der Waals surface area contributed by atoms with Crippen LogP contribution >= 0.6 is 0 Å². The van der Waals surface area contributed by atoms with Crippen LogP contribution in [0.5, 0.6) is 0 Å². The number of amides is 1. The molecule has 2 atom stereocenters. The predicted octanol–water partition coefficient (Wildman–Crippen LogP) is 25.5. The van der Waals surface area contributed by atoms with Gasteiger partial charge < -0.3 is 20.3 Å². The number of unbranched alkanes of at least 4 members (excludes halogenated alkanes) is 61. The molecule has 0 aromatic heterocycles. The van der Waals surface area contributed by atoms with Crippen LogP contribution in [0.1, 0.15) is 450 Å². The summed E-state index contributed by atoms with van der Waals surface area (Å²) >= 11 is 0. The second-order valence-corrected chi connectivity index (χ2v) is 27.0. The first-order valence-corrected chi connectivity index (χ1v) is 38.9. The number of carbonyl (C=O) groups is 2. The van der Waals surface area contributed by atoms with Crippen molar-refractivity contribution in [2.24, 2.45) is 0 Å². The fourth-order valence-corrected chi connectivity index (χ4v) is 12.6. The lowest BCUT2D eigenvalue weighted by Gasteiger charge is -2.22. The average molecular weight is 1190 g/mol. The van der Waals surface area contributed by atoms with Crippen molar-refractivity contribution < 1.29 is 24.5 Å². The Morgan fingerprint density at radius 1 is 0.321 bits per heavy atom. The molecule has 0 aromatic rings. The number of esters is 1. The maximum absolute atomic E-state index is 12.6. The highest BCUT2D eigenvalue weighted by Crippen LogP contribution is 2.20. The second-order valence-electron chi connectivity index (χ2n) is 27.0. The Labute approximate surface area is 527 Å². The SMILES string of the molecule is CCCCCCCCCCCCCCCCCCCCCCCCC(O)C(CO)NC(=O)CCCCCCCCCCCCCCCCC/C=C\CCCCCCCCCCCCCCOC(=O)CCCCCCCCCCCCCCCC. The Balaban J connectivity index is 3.35. The van der Waals surface area contributed by atoms with Gasteiger partial charge in [0.1, 0.15) is 0 Å². The average Bonchev–Trinajstić information content (AvgIpc) is 3.51. The minimum Gasteiger partial charge on any atom is -0.466 e. The summed E-state index contributed by atoms with van der Waals surface area (Å²) in [6, 6.07) is -0.540. The third-order valence-electron chi connectivity index (χ3n) is 18.6. The third kappa shape index (κ3) is 69.7. The van der Waals surface area contributed by atoms with Gasteiger partial charge in [-0.3, -0.25) is 9.59 Å². The van der Waals surface area contributed by atoms with Gasteiger partial charge in [0.2, 0.25) is 5.91 Å². The van der Waals surface area contributed by atoms with E-state index in [1.165, 1.54) is 379 Å². The molecule has 0 rings (SSSR count). The van der Waals surface area contributed by atoms with Crippen LogP contribution in [-0.2, 0) is 14.3 Å². The highest BCUT2D eigenvalue weighted by atomic mass is 16.5. The first kappa shape index (κ1) is 82.6. The van der Waals surface area contributed by atoms with Crippen LogP contribution in [0.3, 0.4) is 0 Å². The van der Waals surface area contributed by atoms with E-state index in [2.05, 4.69) is 31.3 Å². The van der Waals surface area contributed by atoms with Crippen LogP contribution in [0.25, 0.3) is 0 Å². The molecule has 0 radical (unpaired) electrons. The number of hydrogen-bond donors (Lipinski definition) is 3. The highest BCUT2D eigenvalue weighted by Gasteiger charge is 2.20. The van der Waals surface area contributed by atoms with Gasteiger partial charge in [0.25, 0.3) is 0 Å². The van der Waals surface area contributed by atoms with Crippen molar-refractivity contribution in [2.75, 3.05) is 13.2 Å². The summed E-state index contributed by atoms with van der Waals surface area (Å²) in [7, 11) is 0. The Morgan fingerprint density at radius 2 is 0.560 bits per heavy atom. The summed E-state index contributed by atoms with van der Waals surface area (Å²) in [5.74, 6) is -0.00594. The van der Waals surface area contributed by atoms with E-state index >= 15 is 0 Å². The quantitative estimate of drug-likeness (QED) is 0.0320. The molecule has 0 aliphatic rings. The molecule has 6 nitrogen and oxygen atoms in total. The molecule has 6 heteroatoms. The molecule has 1 amide bonds. The number of aliphatic hydroxyl groups excluding tert-OH is 2. The molecule has 500 valence electrons. The van der Waals surface area contributed by atoms with Crippen molar-refractivity contribution >= 4 is 11.9 Å². The van der Waals surface area contributed by atoms with Crippen molar-refractivity contribution in [1.82, 2.24) is 5.32 Å². The number of nitrogens with one attached hydrogen (secondary N) is 1. The lowest BCUT2D eigenvalue weighted by molar-refractivity contribution is -0.143. The maximum Gasteiger partial charge on any atom is 0.305 e. The maximum atomic E-state index is 12.6. The highest BCUT2D eigenvalue weighted by molar-refractivity contribution is 5.76. The van der Waals surface area contributed by atoms with Crippen LogP contribution in [0, 0.1) is 0 Å². The van der Waals surface area contributed by atoms with E-state index < -0.39 is 12.1 Å². The summed E-state index contributed by atoms with van der Waals surface area (Å²) in [5, 5.41) is 23.5. The molecule has 0 saturated heterocycles. The van der Waals surface area contributed by atoms with Crippen LogP contribution in [0.4, 0.5) is 0 Å². The fourth-order valence-electron chi connectivity index (χ4n) is 12.6. The van der Waals surface area contributed by atoms with Gasteiger partial charge in [0.15, 0.2) is 0 Å². The molecule has 0 aromatic carbocycles. The standard InChI is InChI=1S/C78H153NO5/c1-3-5-7-9-11-13-15-17-19-20-21-22-34-37-40-43-46-50-54-58-62-66-70-76(81)75(74-80)79-77(82)71-67-63-59-55-51-47-44-41-38-35-32-30-28-26-24-23-25-27-29-31-33-36-39-42-45-49-53-57-61-65-69-73-84-78(83)72-68-64-60-56-52-48-18-16-14-12-10-8-6-4-2/h25,27,75-76,80-81H,3-24,26,28-74H2,1-2H3,(H,79,82)/b27-25-. The van der Waals surface area contributed by atoms with E-state index in [-0.39, 0.29) is 18.5 Å². The molecule has 0 heterocycles. The van der Waals surface area contributed by atoms with Crippen molar-refractivity contribution in [3.63, 3.8) is 0 Å². The van der Waals surface area contributed by atoms with Crippen LogP contribution in [-0.4, -0.2) is 47.4 Å². The van der Waals surface area contributed by atoms with Gasteiger partial charge in [-0.2, -0.15) is 0 Å². The Kier molecular flexibility index (Phi) is 72.8. The Bertz CT molecular complexity index is 1270. The predicted molar refractivity (Wildman–Crippen MR) is 370 cm³/mol. The smallest absolute Gasteiger partial charge is 0.305 e. The van der Waals surface area contributed by atoms with Crippen molar-refractivity contribution in [1.29, 1.82) is 0 Å². The van der Waals surface area contributed by atoms with Crippen LogP contribution in [0.15, 0.2) is 12.2 Å². The number of rotatable bonds is 74. The van der Waals surface area contributed by atoms with E-state index in [0.29, 0.717) is 25.9 Å². The van der Waals surface area contributed by atoms with E-state index in [1.807, 2.05) is 0 Å². The Hall–Kier alpha value is -1.40. The van der Waals surface area contributed by atoms with Gasteiger partial charge in [-0.1, -0.05) is 398 Å². The number of carbonyl (C=O) groups excluding carboxylic acids is 2. The van der Waals surface area contributed by atoms with Crippen molar-refractivity contribution in [3.8, 4) is 0 Å². The largest absolute Gasteiger partial charge is 0.466 e. The molecule has 0 aliphatic carbocycles. The first-order chi connectivity index (χ1) is 41.5. The zero-order valence-electron chi connectivity index (χ0n) is 57.4. The van der Waals surface area contributed by atoms with Gasteiger partial charge in [0, 0.05) is 12.8 Å². The van der Waals surface area contributed by atoms with Crippen LogP contribution in [0.2, 0.25) is 0 Å². The molecule has 2 unspecified atom stereocenters. The van der Waals surface area contributed by atoms with E-state index in [1.54, 1.807) is 0 Å². The van der Waals surface area contributed by atoms with E-state index in [9.17, 15) is 19.8 Å². The molecule has 0 saturated carbocycles. The summed E-state index contributed by atoms with van der Waals surface area (Å²) in [4.78, 5) is 24.6. The second kappa shape index (κ2) is 74.1. The van der Waals surface area contributed by atoms with E-state index in [0.717, 1.165) is 38.5 Å². The summed E-state index contributed by atoms with van der Waals surface area (Å²) in [6.45, 7) is 5.01. The topological polar surface area (TPSA) is 95.9 Å². The van der Waals surface area contributed by atoms with Crippen molar-refractivity contribution in [3.05, 3.63) is 12.2 Å². The van der Waals surface area contributed by atoms with Gasteiger partial charge in [-0.05, 0) is 51.4 Å². The molecule has 0 fully saturated rings. The van der Waals surface area contributed by atoms with Gasteiger partial charge >= 0.3 is 5.97 Å². The molecule has 0 aliphatic heterocycles. The third-order valence-corrected chi connectivity index (χ3v) is 18.6. The monoisotopic (exact) mass is 1180 g/mol. The minimum atomic E-state index is -0.663. The zero-order valence-corrected chi connectivity index (χ0v) is 57.4. The molecular formula is C78H153NO5. The summed E-state index contributed by atoms with van der Waals surface area (Å²) < 4.78 is 5.50. The lowest BCUT2D eigenvalue weighted by atomic mass is 10.0. The number of hydrogen-bond acceptors (Lipinski definition) is 5. The molecule has 84 heavy (non-hydrogen) atoms. The number of ether oxygens (including phenoxy) is 1. The fraction of sp³-hybridized carbons (Fsp3) is 0.949. The zero-order chi connectivity index (χ0) is 60.6. The number of aliphatic hydroxyl groups is 2. The van der Waals surface area contributed by atoms with Crippen LogP contribution < -0.4 is 5.32 Å². The van der Waals surface area contributed by atoms with E-state index in [4.69, 9.17) is 4.74 Å². The summed E-state index contributed by atoms with van der Waals surface area (Å²) in [6.07, 6.45) is 92.9.